The summed E-state index contributed by atoms with van der Waals surface area (Å²) in [6, 6.07) is 16.4. The predicted molar refractivity (Wildman–Crippen MR) is 93.7 cm³/mol. The highest BCUT2D eigenvalue weighted by Gasteiger charge is 2.20. The van der Waals surface area contributed by atoms with E-state index in [0.29, 0.717) is 0 Å². The van der Waals surface area contributed by atoms with Gasteiger partial charge in [-0.1, -0.05) is 48.5 Å². The van der Waals surface area contributed by atoms with E-state index in [1.54, 1.807) is 7.11 Å². The Bertz CT molecular complexity index is 711. The third kappa shape index (κ3) is 3.77. The lowest BCUT2D eigenvalue weighted by molar-refractivity contribution is 0.102. The Labute approximate surface area is 137 Å². The van der Waals surface area contributed by atoms with Crippen LogP contribution in [0.15, 0.2) is 54.1 Å². The van der Waals surface area contributed by atoms with Crippen molar-refractivity contribution in [3.63, 3.8) is 0 Å². The summed E-state index contributed by atoms with van der Waals surface area (Å²) in [5.41, 5.74) is 5.35. The minimum Gasteiger partial charge on any atom is -0.385 e. The lowest BCUT2D eigenvalue weighted by Crippen LogP contribution is -2.13. The highest BCUT2D eigenvalue weighted by Crippen LogP contribution is 2.26. The molecule has 23 heavy (non-hydrogen) atoms. The number of aryl methyl sites for hydroxylation is 2. The quantitative estimate of drug-likeness (QED) is 0.601. The van der Waals surface area contributed by atoms with E-state index in [9.17, 15) is 4.79 Å². The van der Waals surface area contributed by atoms with Crippen LogP contribution in [0.5, 0.6) is 0 Å². The molecule has 2 nitrogen and oxygen atoms in total. The molecule has 1 aliphatic carbocycles. The Hall–Kier alpha value is -2.19. The number of fused-ring (bicyclic) bond motifs is 1. The molecule has 0 radical (unpaired) electrons. The number of ketones is 1. The molecule has 0 aliphatic heterocycles. The molecule has 2 aromatic carbocycles. The second kappa shape index (κ2) is 7.38. The molecule has 0 saturated heterocycles. The van der Waals surface area contributed by atoms with Crippen LogP contribution in [0.3, 0.4) is 0 Å². The Morgan fingerprint density at radius 1 is 1.04 bits per heavy atom. The van der Waals surface area contributed by atoms with Gasteiger partial charge < -0.3 is 4.74 Å². The fourth-order valence-electron chi connectivity index (χ4n) is 3.06. The van der Waals surface area contributed by atoms with Gasteiger partial charge in [0, 0.05) is 24.9 Å². The predicted octanol–water partition coefficient (Wildman–Crippen LogP) is 4.48. The van der Waals surface area contributed by atoms with Gasteiger partial charge in [0.2, 0.25) is 0 Å². The molecule has 0 amide bonds. The summed E-state index contributed by atoms with van der Waals surface area (Å²) in [4.78, 5) is 12.6. The summed E-state index contributed by atoms with van der Waals surface area (Å²) in [7, 11) is 1.73. The number of allylic oxidation sites excluding steroid dienone is 1. The van der Waals surface area contributed by atoms with Gasteiger partial charge in [-0.15, -0.1) is 0 Å². The van der Waals surface area contributed by atoms with E-state index in [0.717, 1.165) is 49.0 Å². The van der Waals surface area contributed by atoms with Gasteiger partial charge in [0.15, 0.2) is 5.78 Å². The fourth-order valence-corrected chi connectivity index (χ4v) is 3.06. The topological polar surface area (TPSA) is 26.3 Å². The van der Waals surface area contributed by atoms with Crippen molar-refractivity contribution in [3.8, 4) is 0 Å². The SMILES string of the molecule is COCCCc1ccc(/C=C2\CCc3ccccc3C2=O)cc1. The highest BCUT2D eigenvalue weighted by molar-refractivity contribution is 6.13. The van der Waals surface area contributed by atoms with Crippen LogP contribution in [0.2, 0.25) is 0 Å². The standard InChI is InChI=1S/C21H22O2/c1-23-14-4-5-16-8-10-17(11-9-16)15-19-13-12-18-6-2-3-7-20(18)21(19)22/h2-3,6-11,15H,4-5,12-14H2,1H3/b19-15+. The van der Waals surface area contributed by atoms with Crippen molar-refractivity contribution in [2.45, 2.75) is 25.7 Å². The number of hydrogen-bond acceptors (Lipinski definition) is 2. The number of benzene rings is 2. The molecular weight excluding hydrogens is 284 g/mol. The Morgan fingerprint density at radius 3 is 2.61 bits per heavy atom. The third-order valence-electron chi connectivity index (χ3n) is 4.35. The van der Waals surface area contributed by atoms with Crippen molar-refractivity contribution in [2.24, 2.45) is 0 Å². The van der Waals surface area contributed by atoms with Crippen LogP contribution < -0.4 is 0 Å². The zero-order valence-electron chi connectivity index (χ0n) is 13.5. The first-order valence-electron chi connectivity index (χ1n) is 8.19. The number of ether oxygens (including phenoxy) is 1. The molecule has 0 heterocycles. The first-order valence-corrected chi connectivity index (χ1v) is 8.19. The van der Waals surface area contributed by atoms with Gasteiger partial charge in [0.1, 0.15) is 0 Å². The van der Waals surface area contributed by atoms with Crippen molar-refractivity contribution in [3.05, 3.63) is 76.4 Å². The normalized spacial score (nSPS) is 15.7. The smallest absolute Gasteiger partial charge is 0.189 e. The molecule has 2 heteroatoms. The van der Waals surface area contributed by atoms with E-state index >= 15 is 0 Å². The summed E-state index contributed by atoms with van der Waals surface area (Å²) in [5, 5.41) is 0. The molecule has 0 atom stereocenters. The van der Waals surface area contributed by atoms with Crippen molar-refractivity contribution >= 4 is 11.9 Å². The second-order valence-corrected chi connectivity index (χ2v) is 5.99. The Kier molecular flexibility index (Phi) is 5.04. The van der Waals surface area contributed by atoms with E-state index in [1.807, 2.05) is 24.3 Å². The van der Waals surface area contributed by atoms with Crippen molar-refractivity contribution in [1.29, 1.82) is 0 Å². The van der Waals surface area contributed by atoms with E-state index in [1.165, 1.54) is 11.1 Å². The van der Waals surface area contributed by atoms with Crippen LogP contribution in [-0.2, 0) is 17.6 Å². The summed E-state index contributed by atoms with van der Waals surface area (Å²) in [5.74, 6) is 0.177. The van der Waals surface area contributed by atoms with Crippen molar-refractivity contribution in [2.75, 3.05) is 13.7 Å². The molecule has 2 aromatic rings. The van der Waals surface area contributed by atoms with Gasteiger partial charge in [0.05, 0.1) is 0 Å². The number of rotatable bonds is 5. The van der Waals surface area contributed by atoms with E-state index < -0.39 is 0 Å². The van der Waals surface area contributed by atoms with Crippen LogP contribution in [0.25, 0.3) is 6.08 Å². The van der Waals surface area contributed by atoms with E-state index in [2.05, 4.69) is 30.3 Å². The maximum Gasteiger partial charge on any atom is 0.189 e. The van der Waals surface area contributed by atoms with Crippen LogP contribution in [0, 0.1) is 0 Å². The average molecular weight is 306 g/mol. The molecule has 0 N–H and O–H groups in total. The average Bonchev–Trinajstić information content (AvgIpc) is 2.59. The number of methoxy groups -OCH3 is 1. The highest BCUT2D eigenvalue weighted by atomic mass is 16.5. The van der Waals surface area contributed by atoms with Gasteiger partial charge in [-0.25, -0.2) is 0 Å². The number of hydrogen-bond donors (Lipinski definition) is 0. The Morgan fingerprint density at radius 2 is 1.83 bits per heavy atom. The lowest BCUT2D eigenvalue weighted by Gasteiger charge is -2.17. The number of carbonyl (C=O) groups excluding carboxylic acids is 1. The largest absolute Gasteiger partial charge is 0.385 e. The van der Waals surface area contributed by atoms with Crippen LogP contribution >= 0.6 is 0 Å². The molecule has 0 bridgehead atoms. The van der Waals surface area contributed by atoms with Crippen LogP contribution in [0.4, 0.5) is 0 Å². The van der Waals surface area contributed by atoms with Gasteiger partial charge in [-0.2, -0.15) is 0 Å². The third-order valence-corrected chi connectivity index (χ3v) is 4.35. The zero-order valence-corrected chi connectivity index (χ0v) is 13.5. The molecule has 0 aromatic heterocycles. The molecule has 0 unspecified atom stereocenters. The van der Waals surface area contributed by atoms with Crippen LogP contribution in [-0.4, -0.2) is 19.5 Å². The van der Waals surface area contributed by atoms with Crippen LogP contribution in [0.1, 0.15) is 39.9 Å². The van der Waals surface area contributed by atoms with E-state index in [-0.39, 0.29) is 5.78 Å². The minimum absolute atomic E-state index is 0.177. The summed E-state index contributed by atoms with van der Waals surface area (Å²) >= 11 is 0. The summed E-state index contributed by atoms with van der Waals surface area (Å²) < 4.78 is 5.08. The molecule has 3 rings (SSSR count). The van der Waals surface area contributed by atoms with Crippen molar-refractivity contribution in [1.82, 2.24) is 0 Å². The van der Waals surface area contributed by atoms with Gasteiger partial charge in [-0.05, 0) is 48.4 Å². The lowest BCUT2D eigenvalue weighted by atomic mass is 9.86. The first kappa shape index (κ1) is 15.7. The second-order valence-electron chi connectivity index (χ2n) is 5.99. The minimum atomic E-state index is 0.177. The maximum atomic E-state index is 12.6. The molecular formula is C21H22O2. The molecule has 0 spiro atoms. The molecule has 1 aliphatic rings. The monoisotopic (exact) mass is 306 g/mol. The van der Waals surface area contributed by atoms with Crippen molar-refractivity contribution < 1.29 is 9.53 Å². The summed E-state index contributed by atoms with van der Waals surface area (Å²) in [6.45, 7) is 0.791. The summed E-state index contributed by atoms with van der Waals surface area (Å²) in [6.07, 6.45) is 5.87. The van der Waals surface area contributed by atoms with Gasteiger partial charge in [-0.3, -0.25) is 4.79 Å². The van der Waals surface area contributed by atoms with Gasteiger partial charge in [0.25, 0.3) is 0 Å². The number of Topliss-reactive ketones (excluding diaryl/α,β-unsaturated/α-hetero) is 1. The van der Waals surface area contributed by atoms with E-state index in [4.69, 9.17) is 4.74 Å². The fraction of sp³-hybridized carbons (Fsp3) is 0.286. The first-order chi connectivity index (χ1) is 11.3. The van der Waals surface area contributed by atoms with Gasteiger partial charge >= 0.3 is 0 Å². The Balaban J connectivity index is 1.73. The molecule has 0 saturated carbocycles. The maximum absolute atomic E-state index is 12.6. The zero-order chi connectivity index (χ0) is 16.1. The molecule has 118 valence electrons. The molecule has 0 fully saturated rings. The number of carbonyl (C=O) groups is 1.